The van der Waals surface area contributed by atoms with Crippen LogP contribution in [0, 0.1) is 5.92 Å². The summed E-state index contributed by atoms with van der Waals surface area (Å²) in [7, 11) is 0. The molecule has 150 valence electrons. The van der Waals surface area contributed by atoms with Crippen molar-refractivity contribution in [2.24, 2.45) is 11.7 Å². The van der Waals surface area contributed by atoms with E-state index in [2.05, 4.69) is 10.6 Å². The van der Waals surface area contributed by atoms with Crippen LogP contribution in [0.3, 0.4) is 0 Å². The molecule has 2 amide bonds. The van der Waals surface area contributed by atoms with Crippen molar-refractivity contribution in [1.82, 2.24) is 10.6 Å². The number of benzene rings is 1. The number of phenolic OH excluding ortho intramolecular Hbond substituents is 1. The molecule has 0 aromatic heterocycles. The monoisotopic (exact) mass is 381 g/mol. The maximum absolute atomic E-state index is 12.6. The Balaban J connectivity index is 2.96. The quantitative estimate of drug-likeness (QED) is 0.314. The van der Waals surface area contributed by atoms with Crippen LogP contribution in [0.5, 0.6) is 5.75 Å². The Morgan fingerprint density at radius 3 is 2.07 bits per heavy atom. The number of nitrogens with one attached hydrogen (secondary N) is 2. The molecule has 0 saturated heterocycles. The van der Waals surface area contributed by atoms with Crippen molar-refractivity contribution >= 4 is 17.8 Å². The summed E-state index contributed by atoms with van der Waals surface area (Å²) in [5, 5.41) is 33.0. The molecule has 3 atom stereocenters. The number of amides is 2. The topological polar surface area (TPSA) is 162 Å². The SMILES string of the molecule is CC(C)C[C@H](NC(=O)[C@H](Cc1ccc(O)cc1)NC(=O)[C@@H](O)CN)C(=O)O. The first-order valence-corrected chi connectivity index (χ1v) is 8.63. The number of carboxylic acids is 1. The Morgan fingerprint density at radius 1 is 1.04 bits per heavy atom. The van der Waals surface area contributed by atoms with Crippen LogP contribution < -0.4 is 16.4 Å². The van der Waals surface area contributed by atoms with E-state index in [0.29, 0.717) is 5.56 Å². The Labute approximate surface area is 157 Å². The van der Waals surface area contributed by atoms with Crippen LogP contribution in [-0.2, 0) is 20.8 Å². The Bertz CT molecular complexity index is 647. The van der Waals surface area contributed by atoms with Crippen LogP contribution >= 0.6 is 0 Å². The molecule has 0 heterocycles. The van der Waals surface area contributed by atoms with Crippen LogP contribution in [0.25, 0.3) is 0 Å². The molecule has 9 heteroatoms. The van der Waals surface area contributed by atoms with E-state index in [-0.39, 0.29) is 31.1 Å². The minimum Gasteiger partial charge on any atom is -0.508 e. The lowest BCUT2D eigenvalue weighted by Crippen LogP contribution is -2.55. The van der Waals surface area contributed by atoms with Gasteiger partial charge in [-0.2, -0.15) is 0 Å². The summed E-state index contributed by atoms with van der Waals surface area (Å²) in [6, 6.07) is 3.79. The summed E-state index contributed by atoms with van der Waals surface area (Å²) in [5.41, 5.74) is 5.88. The van der Waals surface area contributed by atoms with Crippen LogP contribution in [0.1, 0.15) is 25.8 Å². The van der Waals surface area contributed by atoms with E-state index < -0.39 is 36.0 Å². The average molecular weight is 381 g/mol. The molecular weight excluding hydrogens is 354 g/mol. The Kier molecular flexibility index (Phi) is 8.70. The molecule has 1 rings (SSSR count). The van der Waals surface area contributed by atoms with Crippen LogP contribution in [0.4, 0.5) is 0 Å². The number of carbonyl (C=O) groups is 3. The summed E-state index contributed by atoms with van der Waals surface area (Å²) in [4.78, 5) is 35.9. The highest BCUT2D eigenvalue weighted by Gasteiger charge is 2.28. The van der Waals surface area contributed by atoms with Gasteiger partial charge in [-0.15, -0.1) is 0 Å². The van der Waals surface area contributed by atoms with E-state index in [9.17, 15) is 29.7 Å². The highest BCUT2D eigenvalue weighted by molar-refractivity contribution is 5.91. The smallest absolute Gasteiger partial charge is 0.326 e. The second-order valence-electron chi connectivity index (χ2n) is 6.71. The van der Waals surface area contributed by atoms with E-state index >= 15 is 0 Å². The molecule has 1 aromatic carbocycles. The van der Waals surface area contributed by atoms with Crippen molar-refractivity contribution in [3.63, 3.8) is 0 Å². The molecule has 0 unspecified atom stereocenters. The third kappa shape index (κ3) is 7.63. The van der Waals surface area contributed by atoms with Gasteiger partial charge in [-0.05, 0) is 30.0 Å². The molecule has 7 N–H and O–H groups in total. The third-order valence-electron chi connectivity index (χ3n) is 3.86. The first-order valence-electron chi connectivity index (χ1n) is 8.63. The maximum Gasteiger partial charge on any atom is 0.326 e. The molecule has 0 aliphatic carbocycles. The van der Waals surface area contributed by atoms with Gasteiger partial charge < -0.3 is 31.7 Å². The predicted molar refractivity (Wildman–Crippen MR) is 97.8 cm³/mol. The van der Waals surface area contributed by atoms with Gasteiger partial charge in [0, 0.05) is 13.0 Å². The fourth-order valence-corrected chi connectivity index (χ4v) is 2.42. The zero-order chi connectivity index (χ0) is 20.6. The minimum atomic E-state index is -1.48. The average Bonchev–Trinajstić information content (AvgIpc) is 2.60. The fraction of sp³-hybridized carbons (Fsp3) is 0.500. The maximum atomic E-state index is 12.6. The number of aliphatic hydroxyl groups is 1. The third-order valence-corrected chi connectivity index (χ3v) is 3.86. The van der Waals surface area contributed by atoms with E-state index in [1.165, 1.54) is 12.1 Å². The lowest BCUT2D eigenvalue weighted by Gasteiger charge is -2.23. The lowest BCUT2D eigenvalue weighted by molar-refractivity contribution is -0.142. The second-order valence-corrected chi connectivity index (χ2v) is 6.71. The molecule has 0 aliphatic rings. The standard InChI is InChI=1S/C18H27N3O6/c1-10(2)7-14(18(26)27)21-16(24)13(20-17(25)15(23)9-19)8-11-3-5-12(22)6-4-11/h3-6,10,13-15,22-23H,7-9,19H2,1-2H3,(H,20,25)(H,21,24)(H,26,27)/t13-,14-,15-/m0/s1. The molecule has 0 aliphatic heterocycles. The van der Waals surface area contributed by atoms with Crippen molar-refractivity contribution in [3.8, 4) is 5.75 Å². The zero-order valence-corrected chi connectivity index (χ0v) is 15.4. The number of rotatable bonds is 10. The number of nitrogens with two attached hydrogens (primary N) is 1. The summed E-state index contributed by atoms with van der Waals surface area (Å²) in [6.07, 6.45) is -1.21. The zero-order valence-electron chi connectivity index (χ0n) is 15.4. The van der Waals surface area contributed by atoms with Gasteiger partial charge in [-0.1, -0.05) is 26.0 Å². The fourth-order valence-electron chi connectivity index (χ4n) is 2.42. The molecule has 0 saturated carbocycles. The first kappa shape index (κ1) is 22.4. The minimum absolute atomic E-state index is 0.0376. The number of aromatic hydroxyl groups is 1. The molecule has 0 spiro atoms. The summed E-state index contributed by atoms with van der Waals surface area (Å²) >= 11 is 0. The number of hydrogen-bond donors (Lipinski definition) is 6. The predicted octanol–water partition coefficient (Wildman–Crippen LogP) is -0.645. The molecular formula is C18H27N3O6. The molecule has 1 aromatic rings. The highest BCUT2D eigenvalue weighted by Crippen LogP contribution is 2.12. The van der Waals surface area contributed by atoms with Gasteiger partial charge in [0.1, 0.15) is 23.9 Å². The summed E-state index contributed by atoms with van der Waals surface area (Å²) in [5.74, 6) is -2.60. The number of hydrogen-bond acceptors (Lipinski definition) is 6. The normalized spacial score (nSPS) is 14.3. The van der Waals surface area contributed by atoms with Crippen LogP contribution in [-0.4, -0.2) is 57.8 Å². The molecule has 27 heavy (non-hydrogen) atoms. The first-order chi connectivity index (χ1) is 12.6. The van der Waals surface area contributed by atoms with Gasteiger partial charge in [-0.25, -0.2) is 4.79 Å². The van der Waals surface area contributed by atoms with E-state index in [4.69, 9.17) is 5.73 Å². The van der Waals surface area contributed by atoms with E-state index in [0.717, 1.165) is 0 Å². The van der Waals surface area contributed by atoms with Gasteiger partial charge in [0.2, 0.25) is 5.91 Å². The van der Waals surface area contributed by atoms with Crippen molar-refractivity contribution in [2.75, 3.05) is 6.54 Å². The van der Waals surface area contributed by atoms with Gasteiger partial charge in [0.05, 0.1) is 0 Å². The summed E-state index contributed by atoms with van der Waals surface area (Å²) < 4.78 is 0. The van der Waals surface area contributed by atoms with E-state index in [1.807, 2.05) is 13.8 Å². The Hall–Kier alpha value is -2.65. The van der Waals surface area contributed by atoms with Crippen molar-refractivity contribution in [3.05, 3.63) is 29.8 Å². The molecule has 0 bridgehead atoms. The molecule has 9 nitrogen and oxygen atoms in total. The number of aliphatic carboxylic acids is 1. The largest absolute Gasteiger partial charge is 0.508 e. The van der Waals surface area contributed by atoms with Gasteiger partial charge in [0.25, 0.3) is 5.91 Å². The van der Waals surface area contributed by atoms with Gasteiger partial charge in [0.15, 0.2) is 0 Å². The van der Waals surface area contributed by atoms with Crippen LogP contribution in [0.2, 0.25) is 0 Å². The van der Waals surface area contributed by atoms with Crippen molar-refractivity contribution < 1.29 is 29.7 Å². The lowest BCUT2D eigenvalue weighted by atomic mass is 10.0. The number of phenols is 1. The molecule has 0 fully saturated rings. The van der Waals surface area contributed by atoms with Gasteiger partial charge >= 0.3 is 5.97 Å². The number of carboxylic acid groups (broad SMARTS) is 1. The molecule has 0 radical (unpaired) electrons. The van der Waals surface area contributed by atoms with Crippen LogP contribution in [0.15, 0.2) is 24.3 Å². The second kappa shape index (κ2) is 10.5. The summed E-state index contributed by atoms with van der Waals surface area (Å²) in [6.45, 7) is 3.34. The number of carbonyl (C=O) groups excluding carboxylic acids is 2. The highest BCUT2D eigenvalue weighted by atomic mass is 16.4. The van der Waals surface area contributed by atoms with E-state index in [1.54, 1.807) is 12.1 Å². The Morgan fingerprint density at radius 2 is 1.59 bits per heavy atom. The van der Waals surface area contributed by atoms with Gasteiger partial charge in [-0.3, -0.25) is 9.59 Å². The number of aliphatic hydroxyl groups excluding tert-OH is 1. The van der Waals surface area contributed by atoms with Crippen molar-refractivity contribution in [1.29, 1.82) is 0 Å². The van der Waals surface area contributed by atoms with Crippen molar-refractivity contribution in [2.45, 2.75) is 44.9 Å².